The van der Waals surface area contributed by atoms with Crippen molar-refractivity contribution in [2.75, 3.05) is 11.1 Å². The Labute approximate surface area is 212 Å². The zero-order chi connectivity index (χ0) is 24.8. The third-order valence-electron chi connectivity index (χ3n) is 5.04. The average Bonchev–Trinajstić information content (AvgIpc) is 3.16. The van der Waals surface area contributed by atoms with Crippen LogP contribution in [-0.2, 0) is 11.3 Å². The highest BCUT2D eigenvalue weighted by Gasteiger charge is 2.22. The molecule has 3 rings (SSSR count). The number of thioether (sulfide) groups is 1. The minimum atomic E-state index is -0.495. The van der Waals surface area contributed by atoms with E-state index in [0.29, 0.717) is 33.8 Å². The number of ether oxygens (including phenoxy) is 1. The maximum atomic E-state index is 14.0. The molecule has 6 nitrogen and oxygen atoms in total. The number of carbonyl (C=O) groups excluding carboxylic acids is 1. The van der Waals surface area contributed by atoms with E-state index in [9.17, 15) is 9.18 Å². The number of aromatic nitrogens is 3. The third-order valence-corrected chi connectivity index (χ3v) is 6.50. The summed E-state index contributed by atoms with van der Waals surface area (Å²) in [5.41, 5.74) is 1.28. The Balaban J connectivity index is 1.74. The van der Waals surface area contributed by atoms with Gasteiger partial charge in [-0.25, -0.2) is 4.39 Å². The zero-order valence-electron chi connectivity index (χ0n) is 20.0. The lowest BCUT2D eigenvalue weighted by molar-refractivity contribution is -0.113. The van der Waals surface area contributed by atoms with Crippen molar-refractivity contribution in [1.82, 2.24) is 14.8 Å². The number of nitrogens with one attached hydrogen (secondary N) is 1. The van der Waals surface area contributed by atoms with Crippen molar-refractivity contribution in [2.45, 2.75) is 58.3 Å². The van der Waals surface area contributed by atoms with Gasteiger partial charge in [-0.1, -0.05) is 73.6 Å². The maximum Gasteiger partial charge on any atom is 0.234 e. The van der Waals surface area contributed by atoms with E-state index in [-0.39, 0.29) is 23.5 Å². The van der Waals surface area contributed by atoms with Gasteiger partial charge in [0.25, 0.3) is 0 Å². The molecule has 1 N–H and O–H groups in total. The van der Waals surface area contributed by atoms with Crippen LogP contribution in [0.5, 0.6) is 5.75 Å². The van der Waals surface area contributed by atoms with Gasteiger partial charge in [-0.3, -0.25) is 4.79 Å². The molecule has 0 bridgehead atoms. The monoisotopic (exact) mass is 548 g/mol. The van der Waals surface area contributed by atoms with Gasteiger partial charge in [-0.2, -0.15) is 0 Å². The van der Waals surface area contributed by atoms with E-state index >= 15 is 0 Å². The number of amides is 1. The van der Waals surface area contributed by atoms with E-state index in [1.54, 1.807) is 6.07 Å². The van der Waals surface area contributed by atoms with Crippen LogP contribution < -0.4 is 10.1 Å². The van der Waals surface area contributed by atoms with E-state index in [1.807, 2.05) is 29.7 Å². The van der Waals surface area contributed by atoms with Crippen LogP contribution in [0.2, 0.25) is 0 Å². The van der Waals surface area contributed by atoms with Crippen molar-refractivity contribution >= 4 is 39.3 Å². The first-order valence-corrected chi connectivity index (χ1v) is 13.0. The second kappa shape index (κ2) is 11.8. The van der Waals surface area contributed by atoms with Crippen molar-refractivity contribution < 1.29 is 13.9 Å². The molecule has 0 aliphatic heterocycles. The lowest BCUT2D eigenvalue weighted by atomic mass is 10.0. The van der Waals surface area contributed by atoms with Gasteiger partial charge in [0.1, 0.15) is 11.6 Å². The predicted octanol–water partition coefficient (Wildman–Crippen LogP) is 6.83. The first kappa shape index (κ1) is 26.2. The average molecular weight is 550 g/mol. The number of hydrogen-bond donors (Lipinski definition) is 1. The van der Waals surface area contributed by atoms with E-state index in [0.717, 1.165) is 11.3 Å². The molecule has 34 heavy (non-hydrogen) atoms. The summed E-state index contributed by atoms with van der Waals surface area (Å²) < 4.78 is 23.0. The van der Waals surface area contributed by atoms with E-state index in [4.69, 9.17) is 4.74 Å². The van der Waals surface area contributed by atoms with Gasteiger partial charge in [-0.05, 0) is 48.6 Å². The summed E-state index contributed by atoms with van der Waals surface area (Å²) in [7, 11) is 0. The van der Waals surface area contributed by atoms with Crippen LogP contribution in [0.25, 0.3) is 0 Å². The van der Waals surface area contributed by atoms with Gasteiger partial charge >= 0.3 is 0 Å². The zero-order valence-corrected chi connectivity index (χ0v) is 22.4. The van der Waals surface area contributed by atoms with Crippen molar-refractivity contribution in [2.24, 2.45) is 5.92 Å². The van der Waals surface area contributed by atoms with E-state index in [2.05, 4.69) is 65.2 Å². The fourth-order valence-corrected chi connectivity index (χ4v) is 4.55. The van der Waals surface area contributed by atoms with Gasteiger partial charge in [0.05, 0.1) is 11.4 Å². The van der Waals surface area contributed by atoms with Gasteiger partial charge in [0, 0.05) is 11.0 Å². The number of halogens is 2. The summed E-state index contributed by atoms with van der Waals surface area (Å²) in [5, 5.41) is 12.0. The second-order valence-electron chi connectivity index (χ2n) is 8.76. The molecule has 0 saturated carbocycles. The molecule has 0 aliphatic carbocycles. The Morgan fingerprint density at radius 1 is 1.15 bits per heavy atom. The van der Waals surface area contributed by atoms with E-state index in [1.165, 1.54) is 23.9 Å². The molecule has 1 heterocycles. The number of nitrogens with zero attached hydrogens (tertiary/aromatic N) is 3. The van der Waals surface area contributed by atoms with Crippen LogP contribution in [0.1, 0.15) is 58.0 Å². The molecule has 0 aliphatic rings. The maximum absolute atomic E-state index is 14.0. The lowest BCUT2D eigenvalue weighted by Gasteiger charge is -2.20. The number of carbonyl (C=O) groups is 1. The number of rotatable bonds is 10. The largest absolute Gasteiger partial charge is 0.482 e. The topological polar surface area (TPSA) is 69.0 Å². The molecule has 2 aromatic carbocycles. The quantitative estimate of drug-likeness (QED) is 0.281. The van der Waals surface area contributed by atoms with Crippen LogP contribution >= 0.6 is 27.7 Å². The smallest absolute Gasteiger partial charge is 0.234 e. The molecule has 3 aromatic rings. The number of hydrogen-bond acceptors (Lipinski definition) is 5. The fourth-order valence-electron chi connectivity index (χ4n) is 3.46. The first-order valence-electron chi connectivity index (χ1n) is 11.2. The summed E-state index contributed by atoms with van der Waals surface area (Å²) in [6.45, 7) is 11.1. The Bertz CT molecular complexity index is 1140. The lowest BCUT2D eigenvalue weighted by Crippen LogP contribution is -2.17. The van der Waals surface area contributed by atoms with Crippen LogP contribution in [-0.4, -0.2) is 26.4 Å². The molecule has 1 amide bonds. The molecule has 0 saturated heterocycles. The van der Waals surface area contributed by atoms with Gasteiger partial charge < -0.3 is 14.6 Å². The van der Waals surface area contributed by atoms with Gasteiger partial charge in [-0.15, -0.1) is 10.2 Å². The Hall–Kier alpha value is -2.39. The Morgan fingerprint density at radius 2 is 1.88 bits per heavy atom. The molecular weight excluding hydrogens is 519 g/mol. The third kappa shape index (κ3) is 6.82. The molecule has 1 unspecified atom stereocenters. The van der Waals surface area contributed by atoms with Crippen molar-refractivity contribution in [3.63, 3.8) is 0 Å². The van der Waals surface area contributed by atoms with Crippen LogP contribution in [0.4, 0.5) is 10.1 Å². The minimum Gasteiger partial charge on any atom is -0.482 e. The fraction of sp³-hybridized carbons (Fsp3) is 0.400. The summed E-state index contributed by atoms with van der Waals surface area (Å²) in [6.07, 6.45) is -0.328. The van der Waals surface area contributed by atoms with Gasteiger partial charge in [0.15, 0.2) is 17.1 Å². The second-order valence-corrected chi connectivity index (χ2v) is 10.6. The van der Waals surface area contributed by atoms with Crippen LogP contribution in [0.3, 0.4) is 0 Å². The van der Waals surface area contributed by atoms with Crippen molar-refractivity contribution in [3.05, 3.63) is 64.1 Å². The molecule has 1 aromatic heterocycles. The highest BCUT2D eigenvalue weighted by atomic mass is 79.9. The van der Waals surface area contributed by atoms with Crippen molar-refractivity contribution in [3.8, 4) is 5.75 Å². The Morgan fingerprint density at radius 3 is 2.56 bits per heavy atom. The molecule has 182 valence electrons. The van der Waals surface area contributed by atoms with Crippen LogP contribution in [0, 0.1) is 11.7 Å². The summed E-state index contributed by atoms with van der Waals surface area (Å²) >= 11 is 4.48. The SMILES string of the molecule is CC(C)Cn1c(SCC(=O)Nc2ccc(Br)cc2F)nnc1C(C)Oc1ccccc1C(C)C. The summed E-state index contributed by atoms with van der Waals surface area (Å²) in [5.74, 6) is 1.47. The number of benzene rings is 2. The molecular formula is C25H30BrFN4O2S. The standard InChI is InChI=1S/C25H30BrFN4O2S/c1-15(2)13-31-24(17(5)33-22-9-7-6-8-19(22)16(3)4)29-30-25(31)34-14-23(32)28-21-11-10-18(26)12-20(21)27/h6-12,15-17H,13-14H2,1-5H3,(H,28,32). The summed E-state index contributed by atoms with van der Waals surface area (Å²) in [6, 6.07) is 12.5. The minimum absolute atomic E-state index is 0.0805. The van der Waals surface area contributed by atoms with Crippen molar-refractivity contribution in [1.29, 1.82) is 0 Å². The number of para-hydroxylation sites is 1. The first-order chi connectivity index (χ1) is 16.2. The predicted molar refractivity (Wildman–Crippen MR) is 138 cm³/mol. The van der Waals surface area contributed by atoms with E-state index < -0.39 is 5.82 Å². The van der Waals surface area contributed by atoms with Gasteiger partial charge in [0.2, 0.25) is 5.91 Å². The molecule has 9 heteroatoms. The highest BCUT2D eigenvalue weighted by molar-refractivity contribution is 9.10. The number of anilines is 1. The molecule has 0 radical (unpaired) electrons. The molecule has 0 fully saturated rings. The Kier molecular flexibility index (Phi) is 9.13. The molecule has 1 atom stereocenters. The van der Waals surface area contributed by atoms with Crippen LogP contribution in [0.15, 0.2) is 52.1 Å². The highest BCUT2D eigenvalue weighted by Crippen LogP contribution is 2.31. The molecule has 0 spiro atoms. The summed E-state index contributed by atoms with van der Waals surface area (Å²) in [4.78, 5) is 12.4. The normalized spacial score (nSPS) is 12.3.